The number of carbonyl (C=O) groups is 1. The van der Waals surface area contributed by atoms with Crippen LogP contribution in [0.4, 0.5) is 0 Å². The molecular formula is C17H15N3O3. The molecule has 6 nitrogen and oxygen atoms in total. The SMILES string of the molecule is COc1ccccc1-c1c(C(=O)O)nnn1Cc1ccccc1. The molecule has 1 heterocycles. The van der Waals surface area contributed by atoms with Gasteiger partial charge in [0.15, 0.2) is 5.69 Å². The lowest BCUT2D eigenvalue weighted by Crippen LogP contribution is -2.07. The Bertz CT molecular complexity index is 828. The quantitative estimate of drug-likeness (QED) is 0.784. The summed E-state index contributed by atoms with van der Waals surface area (Å²) in [6.07, 6.45) is 0. The Morgan fingerprint density at radius 2 is 1.83 bits per heavy atom. The Labute approximate surface area is 133 Å². The van der Waals surface area contributed by atoms with E-state index in [1.165, 1.54) is 0 Å². The smallest absolute Gasteiger partial charge is 0.358 e. The van der Waals surface area contributed by atoms with Gasteiger partial charge in [0.05, 0.1) is 13.7 Å². The molecular weight excluding hydrogens is 294 g/mol. The maximum atomic E-state index is 11.5. The molecule has 1 N–H and O–H groups in total. The fourth-order valence-electron chi connectivity index (χ4n) is 2.43. The zero-order valence-electron chi connectivity index (χ0n) is 12.5. The highest BCUT2D eigenvalue weighted by Crippen LogP contribution is 2.31. The van der Waals surface area contributed by atoms with E-state index in [9.17, 15) is 9.90 Å². The van der Waals surface area contributed by atoms with Crippen LogP contribution in [-0.2, 0) is 6.54 Å². The highest BCUT2D eigenvalue weighted by molar-refractivity contribution is 5.93. The number of para-hydroxylation sites is 1. The van der Waals surface area contributed by atoms with Crippen LogP contribution >= 0.6 is 0 Å². The summed E-state index contributed by atoms with van der Waals surface area (Å²) in [5, 5.41) is 17.2. The van der Waals surface area contributed by atoms with Crippen LogP contribution in [0.5, 0.6) is 5.75 Å². The number of ether oxygens (including phenoxy) is 1. The molecule has 0 atom stereocenters. The van der Waals surface area contributed by atoms with Gasteiger partial charge in [-0.25, -0.2) is 9.48 Å². The molecule has 0 bridgehead atoms. The van der Waals surface area contributed by atoms with Crippen molar-refractivity contribution in [3.8, 4) is 17.0 Å². The van der Waals surface area contributed by atoms with E-state index in [1.807, 2.05) is 42.5 Å². The van der Waals surface area contributed by atoms with Crippen molar-refractivity contribution in [1.82, 2.24) is 15.0 Å². The summed E-state index contributed by atoms with van der Waals surface area (Å²) < 4.78 is 6.93. The second-order valence-corrected chi connectivity index (χ2v) is 4.94. The first-order chi connectivity index (χ1) is 11.2. The van der Waals surface area contributed by atoms with Crippen LogP contribution in [-0.4, -0.2) is 33.2 Å². The monoisotopic (exact) mass is 309 g/mol. The van der Waals surface area contributed by atoms with Gasteiger partial charge in [-0.3, -0.25) is 0 Å². The van der Waals surface area contributed by atoms with Crippen molar-refractivity contribution >= 4 is 5.97 Å². The minimum atomic E-state index is -1.12. The van der Waals surface area contributed by atoms with Gasteiger partial charge in [-0.05, 0) is 17.7 Å². The summed E-state index contributed by atoms with van der Waals surface area (Å²) in [6.45, 7) is 0.425. The Morgan fingerprint density at radius 1 is 1.13 bits per heavy atom. The molecule has 2 aromatic carbocycles. The average Bonchev–Trinajstić information content (AvgIpc) is 2.99. The predicted octanol–water partition coefficient (Wildman–Crippen LogP) is 2.70. The topological polar surface area (TPSA) is 77.2 Å². The van der Waals surface area contributed by atoms with Gasteiger partial charge in [0.25, 0.3) is 0 Å². The van der Waals surface area contributed by atoms with Gasteiger partial charge in [0.1, 0.15) is 11.4 Å². The highest BCUT2D eigenvalue weighted by Gasteiger charge is 2.23. The standard InChI is InChI=1S/C17H15N3O3/c1-23-14-10-6-5-9-13(14)16-15(17(21)22)18-19-20(16)11-12-7-3-2-4-8-12/h2-10H,11H2,1H3,(H,21,22). The van der Waals surface area contributed by atoms with Crippen molar-refractivity contribution in [3.63, 3.8) is 0 Å². The van der Waals surface area contributed by atoms with Crippen LogP contribution in [0.3, 0.4) is 0 Å². The van der Waals surface area contributed by atoms with Gasteiger partial charge < -0.3 is 9.84 Å². The van der Waals surface area contributed by atoms with Crippen molar-refractivity contribution in [2.24, 2.45) is 0 Å². The first-order valence-electron chi connectivity index (χ1n) is 7.05. The second kappa shape index (κ2) is 6.31. The van der Waals surface area contributed by atoms with Crippen LogP contribution in [0.2, 0.25) is 0 Å². The molecule has 0 amide bonds. The lowest BCUT2D eigenvalue weighted by molar-refractivity contribution is 0.0691. The molecule has 116 valence electrons. The first-order valence-corrected chi connectivity index (χ1v) is 7.05. The lowest BCUT2D eigenvalue weighted by atomic mass is 10.1. The van der Waals surface area contributed by atoms with Gasteiger partial charge in [0.2, 0.25) is 0 Å². The predicted molar refractivity (Wildman–Crippen MR) is 84.5 cm³/mol. The molecule has 1 aromatic heterocycles. The summed E-state index contributed by atoms with van der Waals surface area (Å²) in [4.78, 5) is 11.5. The Balaban J connectivity index is 2.13. The first kappa shape index (κ1) is 14.8. The zero-order chi connectivity index (χ0) is 16.2. The number of aromatic carboxylic acids is 1. The number of nitrogens with zero attached hydrogens (tertiary/aromatic N) is 3. The van der Waals surface area contributed by atoms with Gasteiger partial charge in [-0.1, -0.05) is 47.7 Å². The van der Waals surface area contributed by atoms with Gasteiger partial charge in [0, 0.05) is 5.56 Å². The minimum Gasteiger partial charge on any atom is -0.496 e. The van der Waals surface area contributed by atoms with E-state index in [2.05, 4.69) is 10.3 Å². The molecule has 0 spiro atoms. The van der Waals surface area contributed by atoms with Crippen molar-refractivity contribution in [2.75, 3.05) is 7.11 Å². The molecule has 0 aliphatic heterocycles. The number of methoxy groups -OCH3 is 1. The van der Waals surface area contributed by atoms with Gasteiger partial charge in [-0.15, -0.1) is 5.10 Å². The molecule has 0 saturated heterocycles. The third-order valence-corrected chi connectivity index (χ3v) is 3.47. The largest absolute Gasteiger partial charge is 0.496 e. The third-order valence-electron chi connectivity index (χ3n) is 3.47. The van der Waals surface area contributed by atoms with Crippen molar-refractivity contribution in [1.29, 1.82) is 0 Å². The normalized spacial score (nSPS) is 10.5. The molecule has 3 aromatic rings. The summed E-state index contributed by atoms with van der Waals surface area (Å²) in [5.74, 6) is -0.545. The van der Waals surface area contributed by atoms with E-state index in [1.54, 1.807) is 23.9 Å². The van der Waals surface area contributed by atoms with Crippen molar-refractivity contribution in [3.05, 3.63) is 65.9 Å². The molecule has 6 heteroatoms. The Kier molecular flexibility index (Phi) is 4.05. The lowest BCUT2D eigenvalue weighted by Gasteiger charge is -2.11. The van der Waals surface area contributed by atoms with Crippen LogP contribution in [0.25, 0.3) is 11.3 Å². The number of benzene rings is 2. The maximum Gasteiger partial charge on any atom is 0.358 e. The van der Waals surface area contributed by atoms with E-state index in [0.717, 1.165) is 5.56 Å². The Morgan fingerprint density at radius 3 is 2.52 bits per heavy atom. The van der Waals surface area contributed by atoms with Crippen molar-refractivity contribution < 1.29 is 14.6 Å². The molecule has 3 rings (SSSR count). The number of rotatable bonds is 5. The zero-order valence-corrected chi connectivity index (χ0v) is 12.5. The van der Waals surface area contributed by atoms with E-state index in [0.29, 0.717) is 23.6 Å². The summed E-state index contributed by atoms with van der Waals surface area (Å²) >= 11 is 0. The van der Waals surface area contributed by atoms with Crippen LogP contribution in [0.15, 0.2) is 54.6 Å². The van der Waals surface area contributed by atoms with Crippen molar-refractivity contribution in [2.45, 2.75) is 6.54 Å². The molecule has 0 aliphatic carbocycles. The fraction of sp³-hybridized carbons (Fsp3) is 0.118. The van der Waals surface area contributed by atoms with E-state index >= 15 is 0 Å². The molecule has 0 saturated carbocycles. The van der Waals surface area contributed by atoms with Gasteiger partial charge in [-0.2, -0.15) is 0 Å². The summed E-state index contributed by atoms with van der Waals surface area (Å²) in [6, 6.07) is 16.9. The number of carboxylic acids is 1. The third kappa shape index (κ3) is 2.91. The van der Waals surface area contributed by atoms with Gasteiger partial charge >= 0.3 is 5.97 Å². The number of carboxylic acid groups (broad SMARTS) is 1. The Hall–Kier alpha value is -3.15. The molecule has 0 radical (unpaired) electrons. The van der Waals surface area contributed by atoms with Crippen LogP contribution < -0.4 is 4.74 Å². The minimum absolute atomic E-state index is 0.0922. The van der Waals surface area contributed by atoms with E-state index in [-0.39, 0.29) is 5.69 Å². The second-order valence-electron chi connectivity index (χ2n) is 4.94. The van der Waals surface area contributed by atoms with E-state index < -0.39 is 5.97 Å². The maximum absolute atomic E-state index is 11.5. The fourth-order valence-corrected chi connectivity index (χ4v) is 2.43. The number of hydrogen-bond acceptors (Lipinski definition) is 4. The summed E-state index contributed by atoms with van der Waals surface area (Å²) in [5.41, 5.74) is 1.99. The highest BCUT2D eigenvalue weighted by atomic mass is 16.5. The molecule has 23 heavy (non-hydrogen) atoms. The average molecular weight is 309 g/mol. The number of hydrogen-bond donors (Lipinski definition) is 1. The van der Waals surface area contributed by atoms with E-state index in [4.69, 9.17) is 4.74 Å². The van der Waals surface area contributed by atoms with Crippen LogP contribution in [0, 0.1) is 0 Å². The molecule has 0 aliphatic rings. The summed E-state index contributed by atoms with van der Waals surface area (Å²) in [7, 11) is 1.55. The molecule has 0 unspecified atom stereocenters. The molecule has 0 fully saturated rings. The number of aromatic nitrogens is 3. The van der Waals surface area contributed by atoms with Crippen LogP contribution in [0.1, 0.15) is 16.1 Å².